The minimum atomic E-state index is -4.38. The van der Waals surface area contributed by atoms with E-state index in [0.29, 0.717) is 44.8 Å². The number of alkyl halides is 1. The van der Waals surface area contributed by atoms with E-state index in [1.165, 1.54) is 4.90 Å². The van der Waals surface area contributed by atoms with Gasteiger partial charge in [0.15, 0.2) is 0 Å². The van der Waals surface area contributed by atoms with Crippen LogP contribution in [0.25, 0.3) is 10.8 Å². The molecule has 7 rings (SSSR count). The second-order valence-corrected chi connectivity index (χ2v) is 18.8. The SMILES string of the molecule is C[C@@H]1CC/C=C\[C@@H]2C[C@@]2(C(=O)NS(=O)(=O)C2(CF)CC2)NC(=O)[C@@H]2C[C@@H](Oc3nccc4ccccc34)CN2C(=O)[C@@H](NC(=O)OC2(C)CCOCC2)[C@H](C)C1. The van der Waals surface area contributed by atoms with Gasteiger partial charge in [-0.2, -0.15) is 0 Å². The number of allylic oxidation sites excluding steroid dienone is 1. The van der Waals surface area contributed by atoms with Crippen LogP contribution in [0.3, 0.4) is 0 Å². The number of aromatic nitrogens is 1. The number of hydrogen-bond donors (Lipinski definition) is 3. The van der Waals surface area contributed by atoms with Crippen LogP contribution in [0.4, 0.5) is 9.18 Å². The highest BCUT2D eigenvalue weighted by atomic mass is 32.2. The van der Waals surface area contributed by atoms with Gasteiger partial charge < -0.3 is 29.7 Å². The number of ether oxygens (including phenoxy) is 3. The highest BCUT2D eigenvalue weighted by Gasteiger charge is 2.64. The highest BCUT2D eigenvalue weighted by Crippen LogP contribution is 2.48. The maximum Gasteiger partial charge on any atom is 0.408 e. The quantitative estimate of drug-likeness (QED) is 0.329. The third kappa shape index (κ3) is 8.09. The molecule has 14 nitrogen and oxygen atoms in total. The fourth-order valence-electron chi connectivity index (χ4n) is 8.38. The zero-order valence-corrected chi connectivity index (χ0v) is 32.9. The second-order valence-electron chi connectivity index (χ2n) is 16.7. The molecule has 0 spiro atoms. The highest BCUT2D eigenvalue weighted by molar-refractivity contribution is 7.91. The van der Waals surface area contributed by atoms with Crippen LogP contribution < -0.4 is 20.1 Å². The maximum absolute atomic E-state index is 14.9. The van der Waals surface area contributed by atoms with Gasteiger partial charge in [-0.25, -0.2) is 22.6 Å². The Bertz CT molecular complexity index is 1980. The molecule has 304 valence electrons. The van der Waals surface area contributed by atoms with E-state index in [2.05, 4.69) is 27.3 Å². The molecule has 0 unspecified atom stereocenters. The molecule has 56 heavy (non-hydrogen) atoms. The van der Waals surface area contributed by atoms with Crippen molar-refractivity contribution in [3.8, 4) is 5.88 Å². The van der Waals surface area contributed by atoms with Crippen LogP contribution in [0.5, 0.6) is 5.88 Å². The molecular weight excluding hydrogens is 746 g/mol. The number of fused-ring (bicyclic) bond motifs is 3. The van der Waals surface area contributed by atoms with E-state index in [9.17, 15) is 32.0 Å². The molecule has 2 aliphatic carbocycles. The Morgan fingerprint density at radius 1 is 1.09 bits per heavy atom. The summed E-state index contributed by atoms with van der Waals surface area (Å²) in [4.78, 5) is 62.7. The average molecular weight is 798 g/mol. The number of halogens is 1. The predicted molar refractivity (Wildman–Crippen MR) is 203 cm³/mol. The van der Waals surface area contributed by atoms with Crippen LogP contribution in [0.1, 0.15) is 78.6 Å². The summed E-state index contributed by atoms with van der Waals surface area (Å²) in [6.07, 6.45) is 7.14. The van der Waals surface area contributed by atoms with E-state index in [4.69, 9.17) is 14.2 Å². The molecule has 4 heterocycles. The van der Waals surface area contributed by atoms with Crippen LogP contribution in [0, 0.1) is 17.8 Å². The number of sulfonamides is 1. The number of pyridine rings is 1. The van der Waals surface area contributed by atoms with Crippen molar-refractivity contribution in [3.05, 3.63) is 48.7 Å². The van der Waals surface area contributed by atoms with Gasteiger partial charge in [-0.1, -0.05) is 44.2 Å². The second kappa shape index (κ2) is 15.6. The van der Waals surface area contributed by atoms with Crippen molar-refractivity contribution in [1.29, 1.82) is 0 Å². The molecule has 3 aliphatic heterocycles. The Balaban J connectivity index is 1.20. The summed E-state index contributed by atoms with van der Waals surface area (Å²) in [7, 11) is -4.38. The summed E-state index contributed by atoms with van der Waals surface area (Å²) in [5.41, 5.74) is -2.42. The van der Waals surface area contributed by atoms with Crippen molar-refractivity contribution in [1.82, 2.24) is 25.2 Å². The number of carbonyl (C=O) groups is 4. The Morgan fingerprint density at radius 3 is 2.57 bits per heavy atom. The van der Waals surface area contributed by atoms with Gasteiger partial charge >= 0.3 is 6.09 Å². The molecule has 5 aliphatic rings. The molecule has 4 fully saturated rings. The average Bonchev–Trinajstić information content (AvgIpc) is 4.07. The van der Waals surface area contributed by atoms with E-state index in [-0.39, 0.29) is 44.1 Å². The van der Waals surface area contributed by atoms with Gasteiger partial charge in [0.25, 0.3) is 5.91 Å². The first-order chi connectivity index (χ1) is 26.7. The number of amides is 4. The summed E-state index contributed by atoms with van der Waals surface area (Å²) in [6.45, 7) is 5.50. The monoisotopic (exact) mass is 797 g/mol. The van der Waals surface area contributed by atoms with Crippen LogP contribution in [-0.2, 0) is 33.9 Å². The molecule has 2 saturated heterocycles. The normalized spacial score (nSPS) is 32.0. The Morgan fingerprint density at radius 2 is 1.84 bits per heavy atom. The number of rotatable bonds is 8. The van der Waals surface area contributed by atoms with Crippen LogP contribution >= 0.6 is 0 Å². The molecule has 0 radical (unpaired) electrons. The largest absolute Gasteiger partial charge is 0.472 e. The van der Waals surface area contributed by atoms with Crippen molar-refractivity contribution in [2.24, 2.45) is 17.8 Å². The van der Waals surface area contributed by atoms with Crippen LogP contribution in [0.15, 0.2) is 48.7 Å². The van der Waals surface area contributed by atoms with Gasteiger partial charge in [0.2, 0.25) is 27.7 Å². The molecule has 16 heteroatoms. The standard InChI is InChI=1S/C40H52FN5O9S/c1-25-8-4-6-10-28-22-40(28,36(49)45-56(51,52)39(24-41)13-14-39)44-33(47)31-21-29(54-34-30-11-7-5-9-27(30)12-17-42-34)23-46(31)35(48)32(26(2)20-25)43-37(50)55-38(3)15-18-53-19-16-38/h5-7,9-12,17,25-26,28-29,31-32H,4,8,13-16,18-24H2,1-3H3,(H,43,50)(H,44,47)(H,45,49)/b10-6-/t25-,26-,28-,29-,31+,32+,40-/m1/s1. The van der Waals surface area contributed by atoms with Gasteiger partial charge in [0.1, 0.15) is 40.7 Å². The fourth-order valence-corrected chi connectivity index (χ4v) is 9.81. The van der Waals surface area contributed by atoms with Crippen molar-refractivity contribution in [3.63, 3.8) is 0 Å². The number of nitrogens with zero attached hydrogens (tertiary/aromatic N) is 2. The van der Waals surface area contributed by atoms with Crippen LogP contribution in [-0.4, -0.2) is 103 Å². The van der Waals surface area contributed by atoms with Gasteiger partial charge in [0, 0.05) is 36.8 Å². The summed E-state index contributed by atoms with van der Waals surface area (Å²) >= 11 is 0. The molecule has 3 N–H and O–H groups in total. The lowest BCUT2D eigenvalue weighted by molar-refractivity contribution is -0.142. The number of alkyl carbamates (subject to hydrolysis) is 1. The van der Waals surface area contributed by atoms with Gasteiger partial charge in [-0.15, -0.1) is 0 Å². The molecule has 0 bridgehead atoms. The summed E-state index contributed by atoms with van der Waals surface area (Å²) in [6, 6.07) is 7.13. The first-order valence-corrected chi connectivity index (χ1v) is 21.2. The summed E-state index contributed by atoms with van der Waals surface area (Å²) in [5.74, 6) is -2.60. The Kier molecular flexibility index (Phi) is 11.1. The predicted octanol–water partition coefficient (Wildman–Crippen LogP) is 4.08. The molecule has 7 atom stereocenters. The van der Waals surface area contributed by atoms with E-state index < -0.39 is 80.5 Å². The zero-order chi connectivity index (χ0) is 39.9. The van der Waals surface area contributed by atoms with E-state index >= 15 is 0 Å². The molecule has 1 aromatic heterocycles. The summed E-state index contributed by atoms with van der Waals surface area (Å²) < 4.78 is 58.4. The number of hydrogen-bond acceptors (Lipinski definition) is 10. The van der Waals surface area contributed by atoms with Crippen molar-refractivity contribution in [2.45, 2.75) is 113 Å². The molecule has 1 aromatic carbocycles. The van der Waals surface area contributed by atoms with Crippen molar-refractivity contribution >= 4 is 44.6 Å². The minimum absolute atomic E-state index is 0.0178. The van der Waals surface area contributed by atoms with E-state index in [1.807, 2.05) is 56.3 Å². The first kappa shape index (κ1) is 39.9. The number of benzene rings is 1. The zero-order valence-electron chi connectivity index (χ0n) is 32.1. The fraction of sp³-hybridized carbons (Fsp3) is 0.625. The Hall–Kier alpha value is -4.31. The van der Waals surface area contributed by atoms with Gasteiger partial charge in [-0.05, 0) is 74.8 Å². The maximum atomic E-state index is 14.9. The van der Waals surface area contributed by atoms with E-state index in [1.54, 1.807) is 6.20 Å². The first-order valence-electron chi connectivity index (χ1n) is 19.7. The lowest BCUT2D eigenvalue weighted by Gasteiger charge is -2.35. The van der Waals surface area contributed by atoms with Crippen LogP contribution in [0.2, 0.25) is 0 Å². The Labute approximate surface area is 326 Å². The topological polar surface area (TPSA) is 182 Å². The summed E-state index contributed by atoms with van der Waals surface area (Å²) in [5, 5.41) is 7.33. The third-order valence-corrected chi connectivity index (χ3v) is 14.5. The minimum Gasteiger partial charge on any atom is -0.472 e. The molecular formula is C40H52FN5O9S. The van der Waals surface area contributed by atoms with Crippen molar-refractivity contribution < 1.29 is 46.2 Å². The number of nitrogens with one attached hydrogen (secondary N) is 3. The van der Waals surface area contributed by atoms with Gasteiger partial charge in [-0.3, -0.25) is 19.1 Å². The lowest BCUT2D eigenvalue weighted by Crippen LogP contribution is -2.59. The molecule has 2 saturated carbocycles. The van der Waals surface area contributed by atoms with E-state index in [0.717, 1.165) is 17.2 Å². The smallest absolute Gasteiger partial charge is 0.408 e. The van der Waals surface area contributed by atoms with Crippen molar-refractivity contribution in [2.75, 3.05) is 26.4 Å². The molecule has 4 amide bonds. The third-order valence-electron chi connectivity index (χ3n) is 12.3. The molecule has 2 aromatic rings. The van der Waals surface area contributed by atoms with Gasteiger partial charge in [0.05, 0.1) is 19.8 Å². The number of carbonyl (C=O) groups excluding carboxylic acids is 4. The lowest BCUT2D eigenvalue weighted by atomic mass is 9.88.